The minimum Gasteiger partial charge on any atom is -0.496 e. The molecule has 2 atom stereocenters. The topological polar surface area (TPSA) is 53.4 Å². The first-order valence-electron chi connectivity index (χ1n) is 8.25. The summed E-state index contributed by atoms with van der Waals surface area (Å²) in [7, 11) is 3.12. The molecule has 1 aromatic heterocycles. The van der Waals surface area contributed by atoms with E-state index < -0.39 is 0 Å². The molecule has 5 nitrogen and oxygen atoms in total. The molecule has 5 heteroatoms. The Bertz CT molecular complexity index is 828. The standard InChI is InChI=1S/C19H22N2O3/c1-10-15-12(9-11-17(15)19(11,2)3)21(20-10)18(22)16-13(23-4)7-6-8-14(16)24-5/h6-8,11,17H,9H2,1-5H3. The maximum atomic E-state index is 13.2. The number of methoxy groups -OCH3 is 2. The highest BCUT2D eigenvalue weighted by atomic mass is 16.5. The molecule has 24 heavy (non-hydrogen) atoms. The van der Waals surface area contributed by atoms with Crippen molar-refractivity contribution in [2.24, 2.45) is 11.3 Å². The Hall–Kier alpha value is -2.30. The van der Waals surface area contributed by atoms with E-state index in [9.17, 15) is 4.79 Å². The quantitative estimate of drug-likeness (QED) is 0.869. The van der Waals surface area contributed by atoms with Gasteiger partial charge in [-0.2, -0.15) is 9.78 Å². The number of carbonyl (C=O) groups is 1. The average Bonchev–Trinajstić information content (AvgIpc) is 2.92. The zero-order valence-electron chi connectivity index (χ0n) is 14.7. The van der Waals surface area contributed by atoms with Crippen LogP contribution < -0.4 is 9.47 Å². The largest absolute Gasteiger partial charge is 0.496 e. The van der Waals surface area contributed by atoms with Gasteiger partial charge in [0.2, 0.25) is 0 Å². The molecule has 0 bridgehead atoms. The summed E-state index contributed by atoms with van der Waals surface area (Å²) >= 11 is 0. The van der Waals surface area contributed by atoms with Crippen molar-refractivity contribution >= 4 is 5.91 Å². The summed E-state index contributed by atoms with van der Waals surface area (Å²) in [4.78, 5) is 13.2. The molecule has 2 aliphatic rings. The van der Waals surface area contributed by atoms with Gasteiger partial charge in [-0.05, 0) is 42.7 Å². The van der Waals surface area contributed by atoms with Gasteiger partial charge in [0.25, 0.3) is 5.91 Å². The molecule has 0 radical (unpaired) electrons. The van der Waals surface area contributed by atoms with E-state index in [1.165, 1.54) is 5.56 Å². The fraction of sp³-hybridized carbons (Fsp3) is 0.474. The molecule has 4 rings (SSSR count). The zero-order valence-corrected chi connectivity index (χ0v) is 14.7. The van der Waals surface area contributed by atoms with Crippen LogP contribution in [0.2, 0.25) is 0 Å². The number of benzene rings is 1. The SMILES string of the molecule is COc1cccc(OC)c1C(=O)n1nc(C)c2c1CC1C2C1(C)C. The first kappa shape index (κ1) is 15.2. The van der Waals surface area contributed by atoms with Crippen LogP contribution in [0, 0.1) is 18.3 Å². The van der Waals surface area contributed by atoms with E-state index in [-0.39, 0.29) is 5.91 Å². The molecule has 1 heterocycles. The van der Waals surface area contributed by atoms with Crippen LogP contribution in [0.1, 0.15) is 47.1 Å². The number of hydrogen-bond donors (Lipinski definition) is 0. The Morgan fingerprint density at radius 1 is 1.25 bits per heavy atom. The summed E-state index contributed by atoms with van der Waals surface area (Å²) in [5, 5.41) is 4.56. The monoisotopic (exact) mass is 326 g/mol. The van der Waals surface area contributed by atoms with E-state index >= 15 is 0 Å². The average molecular weight is 326 g/mol. The molecule has 1 fully saturated rings. The summed E-state index contributed by atoms with van der Waals surface area (Å²) in [5.41, 5.74) is 4.04. The third-order valence-electron chi connectivity index (χ3n) is 5.82. The molecule has 0 saturated heterocycles. The molecule has 126 valence electrons. The Kier molecular flexibility index (Phi) is 3.08. The van der Waals surface area contributed by atoms with Gasteiger partial charge in [0, 0.05) is 5.56 Å². The predicted octanol–water partition coefficient (Wildman–Crippen LogP) is 3.19. The van der Waals surface area contributed by atoms with Gasteiger partial charge in [0.1, 0.15) is 17.1 Å². The van der Waals surface area contributed by atoms with Gasteiger partial charge in [-0.25, -0.2) is 0 Å². The number of ether oxygens (including phenoxy) is 2. The van der Waals surface area contributed by atoms with Crippen LogP contribution in [-0.2, 0) is 6.42 Å². The van der Waals surface area contributed by atoms with Crippen molar-refractivity contribution in [2.75, 3.05) is 14.2 Å². The summed E-state index contributed by atoms with van der Waals surface area (Å²) < 4.78 is 12.3. The second-order valence-electron chi connectivity index (χ2n) is 7.31. The fourth-order valence-electron chi connectivity index (χ4n) is 4.43. The third kappa shape index (κ3) is 1.81. The van der Waals surface area contributed by atoms with E-state index in [0.717, 1.165) is 17.8 Å². The second-order valence-corrected chi connectivity index (χ2v) is 7.31. The fourth-order valence-corrected chi connectivity index (χ4v) is 4.43. The van der Waals surface area contributed by atoms with E-state index in [0.29, 0.717) is 34.3 Å². The predicted molar refractivity (Wildman–Crippen MR) is 90.0 cm³/mol. The van der Waals surface area contributed by atoms with Crippen LogP contribution in [0.4, 0.5) is 0 Å². The van der Waals surface area contributed by atoms with Gasteiger partial charge in [-0.15, -0.1) is 0 Å². The lowest BCUT2D eigenvalue weighted by Crippen LogP contribution is -2.19. The third-order valence-corrected chi connectivity index (χ3v) is 5.82. The van der Waals surface area contributed by atoms with Crippen molar-refractivity contribution in [3.8, 4) is 11.5 Å². The summed E-state index contributed by atoms with van der Waals surface area (Å²) in [6.07, 6.45) is 0.914. The number of carbonyl (C=O) groups excluding carboxylic acids is 1. The Balaban J connectivity index is 1.82. The van der Waals surface area contributed by atoms with Gasteiger partial charge in [-0.3, -0.25) is 4.79 Å². The van der Waals surface area contributed by atoms with Gasteiger partial charge in [0.05, 0.1) is 25.6 Å². The van der Waals surface area contributed by atoms with Crippen LogP contribution in [-0.4, -0.2) is 29.9 Å². The summed E-state index contributed by atoms with van der Waals surface area (Å²) in [6, 6.07) is 5.35. The van der Waals surface area contributed by atoms with Crippen LogP contribution >= 0.6 is 0 Å². The second kappa shape index (κ2) is 4.85. The van der Waals surface area contributed by atoms with Gasteiger partial charge >= 0.3 is 0 Å². The lowest BCUT2D eigenvalue weighted by atomic mass is 9.98. The van der Waals surface area contributed by atoms with E-state index in [4.69, 9.17) is 9.47 Å². The first-order chi connectivity index (χ1) is 11.4. The van der Waals surface area contributed by atoms with E-state index in [1.807, 2.05) is 13.0 Å². The Morgan fingerprint density at radius 2 is 1.88 bits per heavy atom. The number of aromatic nitrogens is 2. The molecule has 2 unspecified atom stereocenters. The van der Waals surface area contributed by atoms with Gasteiger partial charge in [0.15, 0.2) is 0 Å². The molecular formula is C19H22N2O3. The molecule has 0 aliphatic heterocycles. The van der Waals surface area contributed by atoms with Crippen molar-refractivity contribution in [1.82, 2.24) is 9.78 Å². The van der Waals surface area contributed by atoms with Crippen LogP contribution in [0.5, 0.6) is 11.5 Å². The number of aryl methyl sites for hydroxylation is 1. The Morgan fingerprint density at radius 3 is 2.46 bits per heavy atom. The summed E-state index contributed by atoms with van der Waals surface area (Å²) in [5.74, 6) is 1.98. The molecule has 2 aliphatic carbocycles. The van der Waals surface area contributed by atoms with E-state index in [1.54, 1.807) is 31.0 Å². The molecule has 2 aromatic rings. The minimum absolute atomic E-state index is 0.187. The highest BCUT2D eigenvalue weighted by molar-refractivity contribution is 6.01. The maximum absolute atomic E-state index is 13.2. The molecular weight excluding hydrogens is 304 g/mol. The van der Waals surface area contributed by atoms with Crippen molar-refractivity contribution < 1.29 is 14.3 Å². The molecule has 0 amide bonds. The maximum Gasteiger partial charge on any atom is 0.285 e. The van der Waals surface area contributed by atoms with Gasteiger partial charge in [-0.1, -0.05) is 19.9 Å². The lowest BCUT2D eigenvalue weighted by molar-refractivity contribution is 0.0934. The van der Waals surface area contributed by atoms with Crippen LogP contribution in [0.25, 0.3) is 0 Å². The molecule has 1 saturated carbocycles. The van der Waals surface area contributed by atoms with Crippen molar-refractivity contribution in [2.45, 2.75) is 33.1 Å². The van der Waals surface area contributed by atoms with Crippen molar-refractivity contribution in [3.05, 3.63) is 40.7 Å². The van der Waals surface area contributed by atoms with E-state index in [2.05, 4.69) is 18.9 Å². The molecule has 0 N–H and O–H groups in total. The Labute approximate surface area is 141 Å². The van der Waals surface area contributed by atoms with Gasteiger partial charge < -0.3 is 9.47 Å². The lowest BCUT2D eigenvalue weighted by Gasteiger charge is -2.14. The van der Waals surface area contributed by atoms with Crippen molar-refractivity contribution in [3.63, 3.8) is 0 Å². The summed E-state index contributed by atoms with van der Waals surface area (Å²) in [6.45, 7) is 6.60. The number of rotatable bonds is 3. The number of hydrogen-bond acceptors (Lipinski definition) is 4. The molecule has 1 aromatic carbocycles. The van der Waals surface area contributed by atoms with Crippen LogP contribution in [0.3, 0.4) is 0 Å². The first-order valence-corrected chi connectivity index (χ1v) is 8.25. The smallest absolute Gasteiger partial charge is 0.285 e. The van der Waals surface area contributed by atoms with Crippen molar-refractivity contribution in [1.29, 1.82) is 0 Å². The highest BCUT2D eigenvalue weighted by Gasteiger charge is 2.64. The number of nitrogens with zero attached hydrogens (tertiary/aromatic N) is 2. The highest BCUT2D eigenvalue weighted by Crippen LogP contribution is 2.70. The minimum atomic E-state index is -0.187. The molecule has 0 spiro atoms. The van der Waals surface area contributed by atoms with Crippen LogP contribution in [0.15, 0.2) is 18.2 Å². The zero-order chi connectivity index (χ0) is 17.2. The number of fused-ring (bicyclic) bond motifs is 3. The normalized spacial score (nSPS) is 22.7.